The summed E-state index contributed by atoms with van der Waals surface area (Å²) in [4.78, 5) is 9.40. The Balaban J connectivity index is 3.92. The van der Waals surface area contributed by atoms with Crippen molar-refractivity contribution >= 4 is 7.82 Å². The molecule has 0 aliphatic carbocycles. The van der Waals surface area contributed by atoms with E-state index < -0.39 is 7.82 Å². The quantitative estimate of drug-likeness (QED) is 0.504. The van der Waals surface area contributed by atoms with Gasteiger partial charge < -0.3 is 14.1 Å². The van der Waals surface area contributed by atoms with Crippen molar-refractivity contribution in [3.8, 4) is 0 Å². The molecule has 0 rings (SSSR count). The Hall–Kier alpha value is 0.0300. The molecular weight excluding hydrogens is 245 g/mol. The summed E-state index contributed by atoms with van der Waals surface area (Å²) in [7, 11) is 3.52. The van der Waals surface area contributed by atoms with Gasteiger partial charge in [-0.2, -0.15) is 0 Å². The van der Waals surface area contributed by atoms with E-state index >= 15 is 0 Å². The zero-order chi connectivity index (χ0) is 13.5. The highest BCUT2D eigenvalue weighted by molar-refractivity contribution is 7.47. The van der Waals surface area contributed by atoms with Gasteiger partial charge in [0.15, 0.2) is 0 Å². The maximum absolute atomic E-state index is 11.5. The van der Waals surface area contributed by atoms with E-state index in [1.807, 2.05) is 28.1 Å². The summed E-state index contributed by atoms with van der Waals surface area (Å²) in [5.41, 5.74) is 0. The molecule has 0 saturated carbocycles. The number of hydrogen-bond donors (Lipinski definition) is 1. The van der Waals surface area contributed by atoms with Crippen LogP contribution in [0.3, 0.4) is 0 Å². The molecular formula is C10H25NO5P+. The molecule has 0 amide bonds. The molecule has 0 radical (unpaired) electrons. The lowest BCUT2D eigenvalue weighted by molar-refractivity contribution is -0.870. The highest BCUT2D eigenvalue weighted by atomic mass is 31.2. The van der Waals surface area contributed by atoms with Crippen molar-refractivity contribution in [2.45, 2.75) is 19.4 Å². The average molecular weight is 270 g/mol. The van der Waals surface area contributed by atoms with Crippen molar-refractivity contribution in [1.29, 1.82) is 0 Å². The predicted molar refractivity (Wildman–Crippen MR) is 65.7 cm³/mol. The molecule has 0 aromatic heterocycles. The molecule has 0 spiro atoms. The van der Waals surface area contributed by atoms with Crippen LogP contribution in [0.2, 0.25) is 0 Å². The second-order valence-corrected chi connectivity index (χ2v) is 6.33. The SMILES string of the molecule is CCC(COP(=O)(O)OCC[N+](C)(C)C)OC. The molecule has 0 aliphatic heterocycles. The van der Waals surface area contributed by atoms with Crippen LogP contribution in [0.1, 0.15) is 13.3 Å². The van der Waals surface area contributed by atoms with E-state index in [-0.39, 0.29) is 19.3 Å². The number of phosphoric acid groups is 1. The maximum atomic E-state index is 11.5. The number of ether oxygens (including phenoxy) is 1. The van der Waals surface area contributed by atoms with E-state index in [1.165, 1.54) is 7.11 Å². The fourth-order valence-corrected chi connectivity index (χ4v) is 1.74. The van der Waals surface area contributed by atoms with Gasteiger partial charge in [-0.25, -0.2) is 4.57 Å². The second kappa shape index (κ2) is 7.46. The molecule has 0 heterocycles. The molecule has 104 valence electrons. The number of methoxy groups -OCH3 is 1. The van der Waals surface area contributed by atoms with Gasteiger partial charge in [0.2, 0.25) is 0 Å². The molecule has 0 aromatic rings. The van der Waals surface area contributed by atoms with Crippen LogP contribution in [0.5, 0.6) is 0 Å². The zero-order valence-corrected chi connectivity index (χ0v) is 12.3. The van der Waals surface area contributed by atoms with E-state index in [1.54, 1.807) is 0 Å². The Morgan fingerprint density at radius 3 is 2.29 bits per heavy atom. The van der Waals surface area contributed by atoms with Crippen LogP contribution < -0.4 is 0 Å². The molecule has 17 heavy (non-hydrogen) atoms. The van der Waals surface area contributed by atoms with Crippen LogP contribution in [-0.4, -0.2) is 63.5 Å². The van der Waals surface area contributed by atoms with E-state index in [0.29, 0.717) is 11.0 Å². The number of hydrogen-bond acceptors (Lipinski definition) is 4. The molecule has 2 atom stereocenters. The van der Waals surface area contributed by atoms with Crippen molar-refractivity contribution in [3.05, 3.63) is 0 Å². The summed E-state index contributed by atoms with van der Waals surface area (Å²) in [5.74, 6) is 0. The number of nitrogens with zero attached hydrogens (tertiary/aromatic N) is 1. The fourth-order valence-electron chi connectivity index (χ4n) is 0.997. The van der Waals surface area contributed by atoms with E-state index in [0.717, 1.165) is 6.42 Å². The van der Waals surface area contributed by atoms with Crippen molar-refractivity contribution in [3.63, 3.8) is 0 Å². The molecule has 0 aromatic carbocycles. The first kappa shape index (κ1) is 17.0. The highest BCUT2D eigenvalue weighted by Gasteiger charge is 2.23. The second-order valence-electron chi connectivity index (χ2n) is 4.88. The number of phosphoric ester groups is 1. The lowest BCUT2D eigenvalue weighted by atomic mass is 10.3. The van der Waals surface area contributed by atoms with Gasteiger partial charge >= 0.3 is 7.82 Å². The van der Waals surface area contributed by atoms with Gasteiger partial charge in [0.05, 0.1) is 33.9 Å². The van der Waals surface area contributed by atoms with E-state index in [4.69, 9.17) is 13.8 Å². The van der Waals surface area contributed by atoms with Gasteiger partial charge in [-0.3, -0.25) is 9.05 Å². The van der Waals surface area contributed by atoms with Crippen molar-refractivity contribution < 1.29 is 27.7 Å². The minimum atomic E-state index is -3.95. The van der Waals surface area contributed by atoms with Gasteiger partial charge in [0, 0.05) is 7.11 Å². The third kappa shape index (κ3) is 9.71. The van der Waals surface area contributed by atoms with E-state index in [9.17, 15) is 9.46 Å². The first-order valence-corrected chi connectivity index (χ1v) is 7.15. The normalized spacial score (nSPS) is 17.8. The third-order valence-corrected chi connectivity index (χ3v) is 3.21. The standard InChI is InChI=1S/C10H24NO5P/c1-6-10(14-5)9-16-17(12,13)15-8-7-11(2,3)4/h10H,6-9H2,1-5H3/p+1. The van der Waals surface area contributed by atoms with Crippen LogP contribution in [0.25, 0.3) is 0 Å². The first-order valence-electron chi connectivity index (χ1n) is 5.65. The Labute approximate surface area is 104 Å². The Kier molecular flexibility index (Phi) is 7.47. The van der Waals surface area contributed by atoms with Gasteiger partial charge in [-0.1, -0.05) is 6.92 Å². The maximum Gasteiger partial charge on any atom is 0.472 e. The number of rotatable bonds is 9. The van der Waals surface area contributed by atoms with Crippen LogP contribution >= 0.6 is 7.82 Å². The number of quaternary nitrogens is 1. The third-order valence-electron chi connectivity index (χ3n) is 2.23. The molecule has 2 unspecified atom stereocenters. The Bertz CT molecular complexity index is 250. The van der Waals surface area contributed by atoms with Gasteiger partial charge in [0.25, 0.3) is 0 Å². The first-order chi connectivity index (χ1) is 7.70. The smallest absolute Gasteiger partial charge is 0.379 e. The van der Waals surface area contributed by atoms with Gasteiger partial charge in [-0.15, -0.1) is 0 Å². The molecule has 0 bridgehead atoms. The molecule has 0 fully saturated rings. The van der Waals surface area contributed by atoms with Crippen LogP contribution in [0, 0.1) is 0 Å². The van der Waals surface area contributed by atoms with Crippen LogP contribution in [-0.2, 0) is 18.3 Å². The molecule has 1 N–H and O–H groups in total. The molecule has 7 heteroatoms. The molecule has 0 aliphatic rings. The summed E-state index contributed by atoms with van der Waals surface area (Å²) in [6.45, 7) is 2.79. The Morgan fingerprint density at radius 2 is 1.88 bits per heavy atom. The highest BCUT2D eigenvalue weighted by Crippen LogP contribution is 2.43. The summed E-state index contributed by atoms with van der Waals surface area (Å²) in [6.07, 6.45) is 0.535. The minimum absolute atomic E-state index is 0.0607. The van der Waals surface area contributed by atoms with Crippen molar-refractivity contribution in [1.82, 2.24) is 0 Å². The summed E-state index contributed by atoms with van der Waals surface area (Å²) in [6, 6.07) is 0. The van der Waals surface area contributed by atoms with Crippen molar-refractivity contribution in [2.24, 2.45) is 0 Å². The van der Waals surface area contributed by atoms with Gasteiger partial charge in [-0.05, 0) is 6.42 Å². The zero-order valence-electron chi connectivity index (χ0n) is 11.4. The van der Waals surface area contributed by atoms with Crippen LogP contribution in [0.15, 0.2) is 0 Å². The summed E-state index contributed by atoms with van der Waals surface area (Å²) < 4.78 is 26.9. The van der Waals surface area contributed by atoms with E-state index in [2.05, 4.69) is 0 Å². The lowest BCUT2D eigenvalue weighted by Gasteiger charge is -2.24. The summed E-state index contributed by atoms with van der Waals surface area (Å²) >= 11 is 0. The lowest BCUT2D eigenvalue weighted by Crippen LogP contribution is -2.37. The predicted octanol–water partition coefficient (Wildman–Crippen LogP) is 1.25. The summed E-state index contributed by atoms with van der Waals surface area (Å²) in [5, 5.41) is 0. The average Bonchev–Trinajstić information content (AvgIpc) is 2.16. The topological polar surface area (TPSA) is 65.0 Å². The van der Waals surface area contributed by atoms with Gasteiger partial charge in [0.1, 0.15) is 13.2 Å². The Morgan fingerprint density at radius 1 is 1.29 bits per heavy atom. The minimum Gasteiger partial charge on any atom is -0.379 e. The molecule has 6 nitrogen and oxygen atoms in total. The number of likely N-dealkylation sites (N-methyl/N-ethyl adjacent to an activating group) is 1. The fraction of sp³-hybridized carbons (Fsp3) is 1.00. The van der Waals surface area contributed by atoms with Crippen LogP contribution in [0.4, 0.5) is 0 Å². The van der Waals surface area contributed by atoms with Crippen molar-refractivity contribution in [2.75, 3.05) is 48.0 Å². The monoisotopic (exact) mass is 270 g/mol. The molecule has 0 saturated heterocycles. The largest absolute Gasteiger partial charge is 0.472 e.